The van der Waals surface area contributed by atoms with E-state index in [1.807, 2.05) is 43.5 Å². The number of oxazole rings is 1. The Bertz CT molecular complexity index is 1290. The van der Waals surface area contributed by atoms with Gasteiger partial charge in [0.1, 0.15) is 0 Å². The van der Waals surface area contributed by atoms with E-state index in [9.17, 15) is 0 Å². The van der Waals surface area contributed by atoms with Crippen molar-refractivity contribution >= 4 is 11.7 Å². The number of piperidine rings is 1. The van der Waals surface area contributed by atoms with Crippen molar-refractivity contribution in [2.45, 2.75) is 63.6 Å². The maximum absolute atomic E-state index is 6.06. The van der Waals surface area contributed by atoms with Crippen molar-refractivity contribution in [3.05, 3.63) is 66.7 Å². The van der Waals surface area contributed by atoms with Crippen LogP contribution >= 0.6 is 0 Å². The van der Waals surface area contributed by atoms with Gasteiger partial charge >= 0.3 is 0 Å². The zero-order valence-electron chi connectivity index (χ0n) is 21.3. The van der Waals surface area contributed by atoms with Gasteiger partial charge in [-0.15, -0.1) is 10.2 Å². The highest BCUT2D eigenvalue weighted by atomic mass is 16.4. The first kappa shape index (κ1) is 23.7. The maximum atomic E-state index is 6.06. The Morgan fingerprint density at radius 1 is 0.838 bits per heavy atom. The fourth-order valence-corrected chi connectivity index (χ4v) is 5.62. The molecular formula is C29H34N6O2. The van der Waals surface area contributed by atoms with Gasteiger partial charge in [-0.1, -0.05) is 43.2 Å². The molecule has 8 nitrogen and oxygen atoms in total. The normalized spacial score (nSPS) is 22.2. The molecule has 3 unspecified atom stereocenters. The van der Waals surface area contributed by atoms with E-state index in [0.29, 0.717) is 35.9 Å². The lowest BCUT2D eigenvalue weighted by molar-refractivity contribution is 0.290. The van der Waals surface area contributed by atoms with E-state index < -0.39 is 0 Å². The van der Waals surface area contributed by atoms with Crippen molar-refractivity contribution in [3.8, 4) is 22.8 Å². The van der Waals surface area contributed by atoms with Crippen LogP contribution in [-0.2, 0) is 0 Å². The van der Waals surface area contributed by atoms with Crippen molar-refractivity contribution in [1.82, 2.24) is 20.5 Å². The molecule has 8 heteroatoms. The van der Waals surface area contributed by atoms with Crippen molar-refractivity contribution in [1.29, 1.82) is 0 Å². The first-order valence-corrected chi connectivity index (χ1v) is 13.4. The Morgan fingerprint density at radius 3 is 2.43 bits per heavy atom. The van der Waals surface area contributed by atoms with Gasteiger partial charge in [0.15, 0.2) is 5.76 Å². The minimum absolute atomic E-state index is 0.309. The molecule has 2 aromatic heterocycles. The number of aryl methyl sites for hydroxylation is 1. The second-order valence-corrected chi connectivity index (χ2v) is 10.2. The average molecular weight is 499 g/mol. The SMILES string of the molecule is Cc1nnc(-c2ccc(N3CCCC(NC4CCCCC4Nc4ncc(-c5ccccc5)o4)C3)cc2)o1. The van der Waals surface area contributed by atoms with Crippen molar-refractivity contribution in [2.24, 2.45) is 0 Å². The Balaban J connectivity index is 1.08. The van der Waals surface area contributed by atoms with E-state index >= 15 is 0 Å². The van der Waals surface area contributed by atoms with Gasteiger partial charge in [0.2, 0.25) is 11.8 Å². The second-order valence-electron chi connectivity index (χ2n) is 10.2. The zero-order chi connectivity index (χ0) is 25.0. The van der Waals surface area contributed by atoms with Gasteiger partial charge in [0, 0.05) is 55.0 Å². The monoisotopic (exact) mass is 498 g/mol. The maximum Gasteiger partial charge on any atom is 0.295 e. The molecule has 0 spiro atoms. The highest BCUT2D eigenvalue weighted by Crippen LogP contribution is 2.28. The standard InChI is InChI=1S/C29H34N6O2/c1-20-33-34-28(36-20)22-13-15-24(16-14-22)35-17-7-10-23(19-35)31-25-11-5-6-12-26(25)32-29-30-18-27(37-29)21-8-3-2-4-9-21/h2-4,8-9,13-16,18,23,25-26,31H,5-7,10-12,17,19H2,1H3,(H,30,32). The molecule has 0 bridgehead atoms. The summed E-state index contributed by atoms with van der Waals surface area (Å²) < 4.78 is 11.6. The summed E-state index contributed by atoms with van der Waals surface area (Å²) >= 11 is 0. The summed E-state index contributed by atoms with van der Waals surface area (Å²) in [6.45, 7) is 3.88. The van der Waals surface area contributed by atoms with Crippen LogP contribution in [0.5, 0.6) is 0 Å². The van der Waals surface area contributed by atoms with Gasteiger partial charge in [0.05, 0.1) is 6.20 Å². The lowest BCUT2D eigenvalue weighted by Crippen LogP contribution is -2.54. The molecule has 1 saturated carbocycles. The van der Waals surface area contributed by atoms with Gasteiger partial charge in [-0.3, -0.25) is 0 Å². The van der Waals surface area contributed by atoms with Crippen molar-refractivity contribution in [3.63, 3.8) is 0 Å². The molecule has 1 aliphatic heterocycles. The van der Waals surface area contributed by atoms with Crippen LogP contribution in [-0.4, -0.2) is 46.4 Å². The zero-order valence-corrected chi connectivity index (χ0v) is 21.3. The van der Waals surface area contributed by atoms with E-state index in [-0.39, 0.29) is 0 Å². The van der Waals surface area contributed by atoms with Gasteiger partial charge in [-0.2, -0.15) is 0 Å². The third-order valence-electron chi connectivity index (χ3n) is 7.52. The first-order valence-electron chi connectivity index (χ1n) is 13.4. The molecule has 2 aromatic carbocycles. The van der Waals surface area contributed by atoms with Gasteiger partial charge < -0.3 is 24.4 Å². The van der Waals surface area contributed by atoms with E-state index in [2.05, 4.69) is 55.0 Å². The second kappa shape index (κ2) is 10.8. The highest BCUT2D eigenvalue weighted by molar-refractivity contribution is 5.59. The Hall–Kier alpha value is -3.65. The van der Waals surface area contributed by atoms with E-state index in [1.54, 1.807) is 0 Å². The number of nitrogens with zero attached hydrogens (tertiary/aromatic N) is 4. The van der Waals surface area contributed by atoms with Crippen LogP contribution in [0.25, 0.3) is 22.8 Å². The number of benzene rings is 2. The number of rotatable bonds is 7. The molecule has 37 heavy (non-hydrogen) atoms. The summed E-state index contributed by atoms with van der Waals surface area (Å²) in [6.07, 6.45) is 8.94. The van der Waals surface area contributed by atoms with Crippen LogP contribution in [0.2, 0.25) is 0 Å². The molecule has 1 aliphatic carbocycles. The first-order chi connectivity index (χ1) is 18.2. The molecule has 3 heterocycles. The quantitative estimate of drug-likeness (QED) is 0.336. The molecule has 1 saturated heterocycles. The lowest BCUT2D eigenvalue weighted by Gasteiger charge is -2.40. The molecule has 0 radical (unpaired) electrons. The smallest absolute Gasteiger partial charge is 0.295 e. The summed E-state index contributed by atoms with van der Waals surface area (Å²) in [7, 11) is 0. The largest absolute Gasteiger partial charge is 0.424 e. The molecule has 6 rings (SSSR count). The number of hydrogen-bond donors (Lipinski definition) is 2. The van der Waals surface area contributed by atoms with E-state index in [0.717, 1.165) is 36.4 Å². The third-order valence-corrected chi connectivity index (χ3v) is 7.52. The van der Waals surface area contributed by atoms with Gasteiger partial charge in [-0.05, 0) is 49.9 Å². The molecule has 192 valence electrons. The minimum atomic E-state index is 0.309. The van der Waals surface area contributed by atoms with Crippen LogP contribution in [0.3, 0.4) is 0 Å². The molecule has 4 aromatic rings. The predicted octanol–water partition coefficient (Wildman–Crippen LogP) is 5.68. The molecular weight excluding hydrogens is 464 g/mol. The molecule has 0 amide bonds. The molecule has 2 aliphatic rings. The number of nitrogens with one attached hydrogen (secondary N) is 2. The van der Waals surface area contributed by atoms with Crippen LogP contribution in [0, 0.1) is 6.92 Å². The van der Waals surface area contributed by atoms with E-state index in [4.69, 9.17) is 8.83 Å². The van der Waals surface area contributed by atoms with E-state index in [1.165, 1.54) is 37.8 Å². The molecule has 3 atom stereocenters. The fraction of sp³-hybridized carbons (Fsp3) is 0.414. The number of aromatic nitrogens is 3. The van der Waals surface area contributed by atoms with Crippen LogP contribution in [0.4, 0.5) is 11.7 Å². The summed E-state index contributed by atoms with van der Waals surface area (Å²) in [5.41, 5.74) is 3.23. The highest BCUT2D eigenvalue weighted by Gasteiger charge is 2.30. The number of anilines is 2. The minimum Gasteiger partial charge on any atom is -0.424 e. The van der Waals surface area contributed by atoms with Crippen LogP contribution in [0.1, 0.15) is 44.4 Å². The van der Waals surface area contributed by atoms with Crippen molar-refractivity contribution in [2.75, 3.05) is 23.3 Å². The van der Waals surface area contributed by atoms with Gasteiger partial charge in [0.25, 0.3) is 6.01 Å². The summed E-state index contributed by atoms with van der Waals surface area (Å²) in [6, 6.07) is 20.4. The lowest BCUT2D eigenvalue weighted by atomic mass is 9.89. The van der Waals surface area contributed by atoms with Gasteiger partial charge in [-0.25, -0.2) is 4.98 Å². The predicted molar refractivity (Wildman–Crippen MR) is 144 cm³/mol. The number of hydrogen-bond acceptors (Lipinski definition) is 8. The summed E-state index contributed by atoms with van der Waals surface area (Å²) in [5.74, 6) is 1.95. The molecule has 2 N–H and O–H groups in total. The molecule has 2 fully saturated rings. The Labute approximate surface area is 217 Å². The fourth-order valence-electron chi connectivity index (χ4n) is 5.62. The third kappa shape index (κ3) is 5.54. The average Bonchev–Trinajstić information content (AvgIpc) is 3.60. The van der Waals surface area contributed by atoms with Crippen LogP contribution < -0.4 is 15.5 Å². The topological polar surface area (TPSA) is 92.2 Å². The Morgan fingerprint density at radius 2 is 1.65 bits per heavy atom. The summed E-state index contributed by atoms with van der Waals surface area (Å²) in [4.78, 5) is 7.00. The summed E-state index contributed by atoms with van der Waals surface area (Å²) in [5, 5.41) is 15.7. The Kier molecular flexibility index (Phi) is 6.90. The van der Waals surface area contributed by atoms with Crippen molar-refractivity contribution < 1.29 is 8.83 Å². The van der Waals surface area contributed by atoms with Crippen LogP contribution in [0.15, 0.2) is 69.6 Å².